The van der Waals surface area contributed by atoms with Gasteiger partial charge in [-0.2, -0.15) is 13.2 Å². The van der Waals surface area contributed by atoms with Crippen molar-refractivity contribution in [3.63, 3.8) is 0 Å². The van der Waals surface area contributed by atoms with E-state index in [0.717, 1.165) is 12.1 Å². The Morgan fingerprint density at radius 1 is 1.10 bits per heavy atom. The van der Waals surface area contributed by atoms with Gasteiger partial charge in [-0.1, -0.05) is 18.2 Å². The second-order valence-electron chi connectivity index (χ2n) is 4.26. The normalized spacial score (nSPS) is 11.2. The topological polar surface area (TPSA) is 46.5 Å². The molecule has 0 saturated carbocycles. The lowest BCUT2D eigenvalue weighted by Gasteiger charge is -2.12. The maximum atomic E-state index is 12.9. The number of hydrogen-bond acceptors (Lipinski definition) is 3. The Balaban J connectivity index is 2.51. The number of phenols is 1. The number of carbonyl (C=O) groups excluding carboxylic acids is 1. The van der Waals surface area contributed by atoms with Crippen LogP contribution in [0.4, 0.5) is 13.2 Å². The summed E-state index contributed by atoms with van der Waals surface area (Å²) in [7, 11) is 1.37. The van der Waals surface area contributed by atoms with Gasteiger partial charge in [0, 0.05) is 11.6 Å². The summed E-state index contributed by atoms with van der Waals surface area (Å²) in [5, 5.41) is 9.77. The molecule has 2 aromatic carbocycles. The van der Waals surface area contributed by atoms with Crippen molar-refractivity contribution in [2.45, 2.75) is 6.18 Å². The molecule has 21 heavy (non-hydrogen) atoms. The van der Waals surface area contributed by atoms with Gasteiger partial charge in [-0.25, -0.2) is 0 Å². The van der Waals surface area contributed by atoms with E-state index in [-0.39, 0.29) is 5.56 Å². The van der Waals surface area contributed by atoms with Crippen molar-refractivity contribution in [2.75, 3.05) is 7.11 Å². The van der Waals surface area contributed by atoms with Crippen molar-refractivity contribution in [3.8, 4) is 11.5 Å². The highest BCUT2D eigenvalue weighted by Gasteiger charge is 2.35. The molecule has 0 amide bonds. The third-order valence-electron chi connectivity index (χ3n) is 2.93. The van der Waals surface area contributed by atoms with Gasteiger partial charge in [-0.15, -0.1) is 0 Å². The molecule has 0 aliphatic heterocycles. The Morgan fingerprint density at radius 2 is 1.76 bits per heavy atom. The first-order valence-corrected chi connectivity index (χ1v) is 5.92. The molecule has 0 heterocycles. The van der Waals surface area contributed by atoms with Crippen LogP contribution in [0.5, 0.6) is 11.5 Å². The van der Waals surface area contributed by atoms with Crippen molar-refractivity contribution >= 4 is 5.78 Å². The fraction of sp³-hybridized carbons (Fsp3) is 0.133. The minimum absolute atomic E-state index is 0.215. The second kappa shape index (κ2) is 5.47. The van der Waals surface area contributed by atoms with Gasteiger partial charge >= 0.3 is 6.18 Å². The number of rotatable bonds is 3. The zero-order valence-corrected chi connectivity index (χ0v) is 10.9. The number of phenolic OH excluding ortho intramolecular Hbond substituents is 1. The summed E-state index contributed by atoms with van der Waals surface area (Å²) in [5.74, 6) is -1.03. The molecule has 0 unspecified atom stereocenters. The van der Waals surface area contributed by atoms with Crippen LogP contribution in [0.2, 0.25) is 0 Å². The van der Waals surface area contributed by atoms with Gasteiger partial charge in [-0.3, -0.25) is 4.79 Å². The summed E-state index contributed by atoms with van der Waals surface area (Å²) in [5.41, 5.74) is -1.76. The van der Waals surface area contributed by atoms with Crippen molar-refractivity contribution < 1.29 is 27.8 Å². The average molecular weight is 296 g/mol. The van der Waals surface area contributed by atoms with E-state index in [2.05, 4.69) is 0 Å². The molecular formula is C15H11F3O3. The lowest BCUT2D eigenvalue weighted by atomic mass is 9.97. The van der Waals surface area contributed by atoms with Gasteiger partial charge in [-0.05, 0) is 18.2 Å². The molecule has 3 nitrogen and oxygen atoms in total. The number of methoxy groups -OCH3 is 1. The Kier molecular flexibility index (Phi) is 3.88. The molecule has 0 aromatic heterocycles. The van der Waals surface area contributed by atoms with Crippen LogP contribution in [0.15, 0.2) is 42.5 Å². The molecule has 110 valence electrons. The zero-order valence-electron chi connectivity index (χ0n) is 10.9. The molecule has 0 aliphatic rings. The SMILES string of the molecule is COc1ccc(C(=O)c2ccccc2C(F)(F)F)c(O)c1. The summed E-state index contributed by atoms with van der Waals surface area (Å²) >= 11 is 0. The summed E-state index contributed by atoms with van der Waals surface area (Å²) < 4.78 is 43.6. The maximum absolute atomic E-state index is 12.9. The van der Waals surface area contributed by atoms with Crippen molar-refractivity contribution in [1.82, 2.24) is 0 Å². The molecule has 0 radical (unpaired) electrons. The maximum Gasteiger partial charge on any atom is 0.417 e. The summed E-state index contributed by atoms with van der Waals surface area (Å²) in [6, 6.07) is 8.23. The van der Waals surface area contributed by atoms with E-state index in [1.54, 1.807) is 0 Å². The number of aromatic hydroxyl groups is 1. The van der Waals surface area contributed by atoms with Crippen LogP contribution < -0.4 is 4.74 Å². The van der Waals surface area contributed by atoms with Gasteiger partial charge in [0.05, 0.1) is 18.2 Å². The molecule has 0 spiro atoms. The first-order valence-electron chi connectivity index (χ1n) is 5.92. The monoisotopic (exact) mass is 296 g/mol. The summed E-state index contributed by atoms with van der Waals surface area (Å²) in [4.78, 5) is 12.2. The highest BCUT2D eigenvalue weighted by Crippen LogP contribution is 2.34. The predicted molar refractivity (Wildman–Crippen MR) is 69.5 cm³/mol. The number of ether oxygens (including phenoxy) is 1. The van der Waals surface area contributed by atoms with Crippen LogP contribution in [0.25, 0.3) is 0 Å². The molecule has 2 aromatic rings. The van der Waals surface area contributed by atoms with Crippen molar-refractivity contribution in [3.05, 3.63) is 59.2 Å². The highest BCUT2D eigenvalue weighted by molar-refractivity contribution is 6.11. The molecular weight excluding hydrogens is 285 g/mol. The van der Waals surface area contributed by atoms with E-state index in [9.17, 15) is 23.1 Å². The molecule has 0 atom stereocenters. The second-order valence-corrected chi connectivity index (χ2v) is 4.26. The summed E-state index contributed by atoms with van der Waals surface area (Å²) in [6.07, 6.45) is -4.64. The number of hydrogen-bond donors (Lipinski definition) is 1. The number of benzene rings is 2. The van der Waals surface area contributed by atoms with Gasteiger partial charge in [0.25, 0.3) is 0 Å². The number of ketones is 1. The van der Waals surface area contributed by atoms with E-state index in [4.69, 9.17) is 4.74 Å². The lowest BCUT2D eigenvalue weighted by Crippen LogP contribution is -2.13. The third kappa shape index (κ3) is 2.99. The molecule has 0 aliphatic carbocycles. The molecule has 1 N–H and O–H groups in total. The average Bonchev–Trinajstić information content (AvgIpc) is 2.45. The van der Waals surface area contributed by atoms with Gasteiger partial charge in [0.15, 0.2) is 5.78 Å². The van der Waals surface area contributed by atoms with E-state index in [1.165, 1.54) is 37.4 Å². The quantitative estimate of drug-likeness (QED) is 0.879. The smallest absolute Gasteiger partial charge is 0.417 e. The van der Waals surface area contributed by atoms with E-state index < -0.39 is 28.8 Å². The minimum atomic E-state index is -4.64. The Morgan fingerprint density at radius 3 is 2.33 bits per heavy atom. The third-order valence-corrected chi connectivity index (χ3v) is 2.93. The van der Waals surface area contributed by atoms with Crippen LogP contribution >= 0.6 is 0 Å². The largest absolute Gasteiger partial charge is 0.507 e. The fourth-order valence-corrected chi connectivity index (χ4v) is 1.90. The van der Waals surface area contributed by atoms with Crippen LogP contribution in [0.3, 0.4) is 0 Å². The first-order chi connectivity index (χ1) is 9.84. The van der Waals surface area contributed by atoms with Crippen LogP contribution in [-0.2, 0) is 6.18 Å². The first kappa shape index (κ1) is 14.9. The molecule has 2 rings (SSSR count). The van der Waals surface area contributed by atoms with Crippen LogP contribution in [0, 0.1) is 0 Å². The van der Waals surface area contributed by atoms with Gasteiger partial charge in [0.1, 0.15) is 11.5 Å². The van der Waals surface area contributed by atoms with Crippen LogP contribution in [0.1, 0.15) is 21.5 Å². The van der Waals surface area contributed by atoms with Crippen molar-refractivity contribution in [1.29, 1.82) is 0 Å². The Labute approximate surface area is 118 Å². The number of carbonyl (C=O) groups is 1. The number of alkyl halides is 3. The zero-order chi connectivity index (χ0) is 15.6. The van der Waals surface area contributed by atoms with Gasteiger partial charge in [0.2, 0.25) is 0 Å². The Hall–Kier alpha value is -2.50. The Bertz CT molecular complexity index is 678. The lowest BCUT2D eigenvalue weighted by molar-refractivity contribution is -0.137. The number of halogens is 3. The summed E-state index contributed by atoms with van der Waals surface area (Å²) in [6.45, 7) is 0. The van der Waals surface area contributed by atoms with Crippen LogP contribution in [-0.4, -0.2) is 18.0 Å². The minimum Gasteiger partial charge on any atom is -0.507 e. The van der Waals surface area contributed by atoms with E-state index in [1.807, 2.05) is 0 Å². The predicted octanol–water partition coefficient (Wildman–Crippen LogP) is 3.65. The van der Waals surface area contributed by atoms with Crippen molar-refractivity contribution in [2.24, 2.45) is 0 Å². The molecule has 0 saturated heterocycles. The molecule has 0 bridgehead atoms. The fourth-order valence-electron chi connectivity index (χ4n) is 1.90. The molecule has 0 fully saturated rings. The van der Waals surface area contributed by atoms with Gasteiger partial charge < -0.3 is 9.84 Å². The highest BCUT2D eigenvalue weighted by atomic mass is 19.4. The standard InChI is InChI=1S/C15H11F3O3/c1-21-9-6-7-11(13(19)8-9)14(20)10-4-2-3-5-12(10)15(16,17)18/h2-8,19H,1H3. The van der Waals surface area contributed by atoms with E-state index >= 15 is 0 Å². The molecule has 6 heteroatoms. The van der Waals surface area contributed by atoms with E-state index in [0.29, 0.717) is 5.75 Å².